The first-order valence-electron chi connectivity index (χ1n) is 8.13. The lowest BCUT2D eigenvalue weighted by Crippen LogP contribution is -2.41. The fourth-order valence-electron chi connectivity index (χ4n) is 2.54. The molecule has 3 atom stereocenters. The van der Waals surface area contributed by atoms with Gasteiger partial charge in [-0.05, 0) is 37.5 Å². The summed E-state index contributed by atoms with van der Waals surface area (Å²) in [5, 5.41) is 5.75. The van der Waals surface area contributed by atoms with Crippen molar-refractivity contribution < 1.29 is 14.3 Å². The molecular weight excluding hydrogens is 330 g/mol. The number of rotatable bonds is 6. The van der Waals surface area contributed by atoms with Crippen LogP contribution in [0.1, 0.15) is 51.6 Å². The Morgan fingerprint density at radius 2 is 2.12 bits per heavy atom. The van der Waals surface area contributed by atoms with Crippen LogP contribution in [0.2, 0.25) is 0 Å². The number of nitrogens with one attached hydrogen (secondary N) is 2. The Kier molecular flexibility index (Phi) is 7.51. The van der Waals surface area contributed by atoms with E-state index in [-0.39, 0.29) is 30.3 Å². The van der Waals surface area contributed by atoms with E-state index in [2.05, 4.69) is 10.6 Å². The van der Waals surface area contributed by atoms with Crippen molar-refractivity contribution in [3.8, 4) is 5.75 Å². The highest BCUT2D eigenvalue weighted by Crippen LogP contribution is 2.32. The van der Waals surface area contributed by atoms with Gasteiger partial charge in [0.05, 0.1) is 17.8 Å². The number of anilines is 1. The topological polar surface area (TPSA) is 93.5 Å². The van der Waals surface area contributed by atoms with Crippen molar-refractivity contribution in [2.75, 3.05) is 5.32 Å². The molecule has 0 saturated carbocycles. The lowest BCUT2D eigenvalue weighted by Gasteiger charge is -2.26. The molecule has 1 aromatic rings. The maximum atomic E-state index is 12.0. The molecule has 134 valence electrons. The maximum absolute atomic E-state index is 12.0. The number of nitrogens with two attached hydrogens (primary N) is 1. The molecule has 4 N–H and O–H groups in total. The zero-order chi connectivity index (χ0) is 17.0. The van der Waals surface area contributed by atoms with Crippen LogP contribution in [0.3, 0.4) is 0 Å². The van der Waals surface area contributed by atoms with Gasteiger partial charge in [0.1, 0.15) is 5.75 Å². The summed E-state index contributed by atoms with van der Waals surface area (Å²) in [7, 11) is 0. The Morgan fingerprint density at radius 3 is 2.75 bits per heavy atom. The van der Waals surface area contributed by atoms with E-state index < -0.39 is 12.1 Å². The van der Waals surface area contributed by atoms with E-state index in [1.807, 2.05) is 32.9 Å². The summed E-state index contributed by atoms with van der Waals surface area (Å²) in [6, 6.07) is 4.85. The second-order valence-electron chi connectivity index (χ2n) is 5.89. The quantitative estimate of drug-likeness (QED) is 0.730. The minimum atomic E-state index is -0.486. The fraction of sp³-hybridized carbons (Fsp3) is 0.529. The smallest absolute Gasteiger partial charge is 0.265 e. The summed E-state index contributed by atoms with van der Waals surface area (Å²) >= 11 is 0. The molecule has 7 heteroatoms. The van der Waals surface area contributed by atoms with Crippen molar-refractivity contribution >= 4 is 29.9 Å². The van der Waals surface area contributed by atoms with Crippen molar-refractivity contribution in [3.05, 3.63) is 23.8 Å². The molecule has 6 nitrogen and oxygen atoms in total. The van der Waals surface area contributed by atoms with E-state index in [0.717, 1.165) is 12.0 Å². The Balaban J connectivity index is 0.00000288. The van der Waals surface area contributed by atoms with E-state index >= 15 is 0 Å². The third kappa shape index (κ3) is 4.61. The van der Waals surface area contributed by atoms with Gasteiger partial charge in [-0.3, -0.25) is 9.59 Å². The number of carbonyl (C=O) groups excluding carboxylic acids is 2. The van der Waals surface area contributed by atoms with Gasteiger partial charge >= 0.3 is 0 Å². The molecule has 3 unspecified atom stereocenters. The molecule has 0 aromatic heterocycles. The number of ether oxygens (including phenoxy) is 1. The van der Waals surface area contributed by atoms with Gasteiger partial charge in [0.2, 0.25) is 5.91 Å². The van der Waals surface area contributed by atoms with Crippen LogP contribution in [0.15, 0.2) is 18.2 Å². The average Bonchev–Trinajstić information content (AvgIpc) is 2.53. The van der Waals surface area contributed by atoms with Crippen LogP contribution in [-0.2, 0) is 9.59 Å². The van der Waals surface area contributed by atoms with Crippen LogP contribution in [0, 0.1) is 0 Å². The van der Waals surface area contributed by atoms with E-state index in [1.54, 1.807) is 6.07 Å². The zero-order valence-corrected chi connectivity index (χ0v) is 15.1. The van der Waals surface area contributed by atoms with Crippen LogP contribution >= 0.6 is 12.4 Å². The SMILES string of the molecule is CCCC(N)C(=O)NC(C)c1ccc2c(c1)OC(CC)C(=O)N2.Cl. The summed E-state index contributed by atoms with van der Waals surface area (Å²) in [4.78, 5) is 23.8. The maximum Gasteiger partial charge on any atom is 0.265 e. The molecule has 24 heavy (non-hydrogen) atoms. The molecule has 1 aliphatic heterocycles. The van der Waals surface area contributed by atoms with Crippen LogP contribution in [0.4, 0.5) is 5.69 Å². The summed E-state index contributed by atoms with van der Waals surface area (Å²) in [5.74, 6) is 0.352. The number of carbonyl (C=O) groups is 2. The lowest BCUT2D eigenvalue weighted by atomic mass is 10.0. The van der Waals surface area contributed by atoms with E-state index in [9.17, 15) is 9.59 Å². The monoisotopic (exact) mass is 355 g/mol. The van der Waals surface area contributed by atoms with Gasteiger partial charge in [-0.1, -0.05) is 26.3 Å². The second kappa shape index (κ2) is 8.89. The Hall–Kier alpha value is -1.79. The summed E-state index contributed by atoms with van der Waals surface area (Å²) < 4.78 is 5.73. The second-order valence-corrected chi connectivity index (χ2v) is 5.89. The molecule has 2 amide bonds. The summed E-state index contributed by atoms with van der Waals surface area (Å²) in [6.45, 7) is 5.80. The molecule has 0 spiro atoms. The van der Waals surface area contributed by atoms with Crippen molar-refractivity contribution in [3.63, 3.8) is 0 Å². The highest BCUT2D eigenvalue weighted by atomic mass is 35.5. The zero-order valence-electron chi connectivity index (χ0n) is 14.3. The van der Waals surface area contributed by atoms with Gasteiger partial charge < -0.3 is 21.1 Å². The van der Waals surface area contributed by atoms with Crippen molar-refractivity contribution in [1.29, 1.82) is 0 Å². The molecule has 0 aliphatic carbocycles. The van der Waals surface area contributed by atoms with Crippen molar-refractivity contribution in [2.24, 2.45) is 5.73 Å². The molecule has 2 rings (SSSR count). The largest absolute Gasteiger partial charge is 0.478 e. The Bertz CT molecular complexity index is 594. The Labute approximate surface area is 148 Å². The first kappa shape index (κ1) is 20.3. The highest BCUT2D eigenvalue weighted by Gasteiger charge is 2.26. The van der Waals surface area contributed by atoms with Gasteiger partial charge in [-0.2, -0.15) is 0 Å². The van der Waals surface area contributed by atoms with Crippen LogP contribution in [0.25, 0.3) is 0 Å². The first-order chi connectivity index (χ1) is 11.0. The lowest BCUT2D eigenvalue weighted by molar-refractivity contribution is -0.124. The summed E-state index contributed by atoms with van der Waals surface area (Å²) in [5.41, 5.74) is 7.40. The number of hydrogen-bond acceptors (Lipinski definition) is 4. The molecule has 0 saturated heterocycles. The number of amides is 2. The van der Waals surface area contributed by atoms with Crippen molar-refractivity contribution in [1.82, 2.24) is 5.32 Å². The molecule has 0 radical (unpaired) electrons. The van der Waals surface area contributed by atoms with Crippen molar-refractivity contribution in [2.45, 2.75) is 58.2 Å². The number of fused-ring (bicyclic) bond motifs is 1. The molecular formula is C17H26ClN3O3. The Morgan fingerprint density at radius 1 is 1.42 bits per heavy atom. The minimum absolute atomic E-state index is 0. The van der Waals surface area contributed by atoms with E-state index in [1.165, 1.54) is 0 Å². The summed E-state index contributed by atoms with van der Waals surface area (Å²) in [6.07, 6.45) is 1.66. The van der Waals surface area contributed by atoms with Gasteiger partial charge in [-0.25, -0.2) is 0 Å². The number of halogens is 1. The molecule has 1 heterocycles. The highest BCUT2D eigenvalue weighted by molar-refractivity contribution is 5.97. The fourth-order valence-corrected chi connectivity index (χ4v) is 2.54. The molecule has 0 fully saturated rings. The molecule has 1 aromatic carbocycles. The molecule has 0 bridgehead atoms. The van der Waals surface area contributed by atoms with Crippen LogP contribution in [0.5, 0.6) is 5.75 Å². The van der Waals surface area contributed by atoms with E-state index in [4.69, 9.17) is 10.5 Å². The van der Waals surface area contributed by atoms with Gasteiger partial charge in [0, 0.05) is 0 Å². The van der Waals surface area contributed by atoms with E-state index in [0.29, 0.717) is 24.3 Å². The predicted molar refractivity (Wildman–Crippen MR) is 96.5 cm³/mol. The number of benzene rings is 1. The standard InChI is InChI=1S/C17H25N3O3.ClH/c1-4-6-12(18)16(21)19-10(3)11-7-8-13-15(9-11)23-14(5-2)17(22)20-13;/h7-10,12,14H,4-6,18H2,1-3H3,(H,19,21)(H,20,22);1H. The predicted octanol–water partition coefficient (Wildman–Crippen LogP) is 2.52. The molecule has 1 aliphatic rings. The van der Waals surface area contributed by atoms with Crippen LogP contribution in [-0.4, -0.2) is 24.0 Å². The van der Waals surface area contributed by atoms with Gasteiger partial charge in [0.15, 0.2) is 6.10 Å². The van der Waals surface area contributed by atoms with Crippen LogP contribution < -0.4 is 21.1 Å². The first-order valence-corrected chi connectivity index (χ1v) is 8.13. The minimum Gasteiger partial charge on any atom is -0.478 e. The number of hydrogen-bond donors (Lipinski definition) is 3. The normalized spacial score (nSPS) is 18.3. The van der Waals surface area contributed by atoms with Gasteiger partial charge in [0.25, 0.3) is 5.91 Å². The third-order valence-corrected chi connectivity index (χ3v) is 3.99. The van der Waals surface area contributed by atoms with Gasteiger partial charge in [-0.15, -0.1) is 12.4 Å². The third-order valence-electron chi connectivity index (χ3n) is 3.99. The average molecular weight is 356 g/mol.